The third-order valence-electron chi connectivity index (χ3n) is 7.55. The molecule has 0 bridgehead atoms. The van der Waals surface area contributed by atoms with Crippen LogP contribution in [0.1, 0.15) is 80.8 Å². The topological polar surface area (TPSA) is 69.3 Å². The van der Waals surface area contributed by atoms with Crippen molar-refractivity contribution in [1.29, 1.82) is 0 Å². The van der Waals surface area contributed by atoms with E-state index in [9.17, 15) is 9.59 Å². The summed E-state index contributed by atoms with van der Waals surface area (Å²) in [5.41, 5.74) is 1.92. The Bertz CT molecular complexity index is 794. The lowest BCUT2D eigenvalue weighted by atomic mass is 9.84. The standard InChI is InChI=1S/C22H32N4O2/c27-21-18-10-12-25(17-7-2-1-3-8-17)14-19(18)23-20(24-21)16-9-11-26(13-16)22(28)15-5-4-6-15/h15-17H,1-14H2,(H,23,24,27)/t16-/m1/s1. The van der Waals surface area contributed by atoms with Crippen LogP contribution in [0.2, 0.25) is 0 Å². The molecule has 0 spiro atoms. The van der Waals surface area contributed by atoms with Crippen LogP contribution in [0.5, 0.6) is 0 Å². The molecule has 1 atom stereocenters. The molecule has 3 heterocycles. The van der Waals surface area contributed by atoms with Crippen molar-refractivity contribution in [3.63, 3.8) is 0 Å². The van der Waals surface area contributed by atoms with E-state index >= 15 is 0 Å². The molecule has 2 aliphatic heterocycles. The Kier molecular flexibility index (Phi) is 4.99. The van der Waals surface area contributed by atoms with Gasteiger partial charge >= 0.3 is 0 Å². The van der Waals surface area contributed by atoms with Crippen LogP contribution >= 0.6 is 0 Å². The Labute approximate surface area is 166 Å². The minimum absolute atomic E-state index is 0.0482. The fourth-order valence-electron chi connectivity index (χ4n) is 5.53. The molecule has 1 amide bonds. The minimum atomic E-state index is 0.0482. The van der Waals surface area contributed by atoms with E-state index in [2.05, 4.69) is 9.88 Å². The van der Waals surface area contributed by atoms with Gasteiger partial charge in [0.1, 0.15) is 5.82 Å². The molecule has 28 heavy (non-hydrogen) atoms. The fraction of sp³-hybridized carbons (Fsp3) is 0.773. The number of amides is 1. The predicted octanol–water partition coefficient (Wildman–Crippen LogP) is 2.58. The number of fused-ring (bicyclic) bond motifs is 1. The Balaban J connectivity index is 1.31. The summed E-state index contributed by atoms with van der Waals surface area (Å²) in [5.74, 6) is 1.54. The van der Waals surface area contributed by atoms with Gasteiger partial charge in [0.25, 0.3) is 5.56 Å². The smallest absolute Gasteiger partial charge is 0.254 e. The van der Waals surface area contributed by atoms with E-state index in [0.717, 1.165) is 62.4 Å². The molecule has 1 aromatic heterocycles. The average Bonchev–Trinajstić information content (AvgIpc) is 3.17. The average molecular weight is 385 g/mol. The number of aromatic amines is 1. The van der Waals surface area contributed by atoms with Crippen LogP contribution in [0.15, 0.2) is 4.79 Å². The Morgan fingerprint density at radius 2 is 1.82 bits per heavy atom. The van der Waals surface area contributed by atoms with E-state index in [1.165, 1.54) is 38.5 Å². The van der Waals surface area contributed by atoms with Crippen molar-refractivity contribution >= 4 is 5.91 Å². The molecule has 2 aliphatic carbocycles. The number of H-pyrrole nitrogens is 1. The first-order chi connectivity index (χ1) is 13.7. The molecule has 3 fully saturated rings. The van der Waals surface area contributed by atoms with Gasteiger partial charge in [-0.05, 0) is 38.5 Å². The number of carbonyl (C=O) groups excluding carboxylic acids is 1. The van der Waals surface area contributed by atoms with Gasteiger partial charge in [0.15, 0.2) is 0 Å². The number of rotatable bonds is 3. The van der Waals surface area contributed by atoms with Crippen LogP contribution in [0.3, 0.4) is 0 Å². The predicted molar refractivity (Wildman–Crippen MR) is 107 cm³/mol. The van der Waals surface area contributed by atoms with E-state index in [0.29, 0.717) is 18.5 Å². The molecule has 6 heteroatoms. The van der Waals surface area contributed by atoms with Gasteiger partial charge in [0, 0.05) is 49.6 Å². The quantitative estimate of drug-likeness (QED) is 0.870. The van der Waals surface area contributed by atoms with Crippen LogP contribution in [0, 0.1) is 5.92 Å². The van der Waals surface area contributed by atoms with Crippen molar-refractivity contribution in [2.75, 3.05) is 19.6 Å². The van der Waals surface area contributed by atoms with E-state index in [4.69, 9.17) is 4.98 Å². The molecule has 1 aromatic rings. The number of aromatic nitrogens is 2. The second-order valence-corrected chi connectivity index (χ2v) is 9.29. The molecule has 6 nitrogen and oxygen atoms in total. The number of carbonyl (C=O) groups is 1. The molecule has 0 radical (unpaired) electrons. The van der Waals surface area contributed by atoms with Crippen LogP contribution in [-0.2, 0) is 17.8 Å². The van der Waals surface area contributed by atoms with Crippen molar-refractivity contribution in [1.82, 2.24) is 19.8 Å². The van der Waals surface area contributed by atoms with E-state index in [1.807, 2.05) is 4.90 Å². The number of hydrogen-bond acceptors (Lipinski definition) is 4. The Morgan fingerprint density at radius 3 is 2.57 bits per heavy atom. The molecule has 0 aromatic carbocycles. The molecule has 2 saturated carbocycles. The van der Waals surface area contributed by atoms with Crippen molar-refractivity contribution < 1.29 is 4.79 Å². The number of hydrogen-bond donors (Lipinski definition) is 1. The number of nitrogens with one attached hydrogen (secondary N) is 1. The van der Waals surface area contributed by atoms with E-state index in [-0.39, 0.29) is 17.4 Å². The van der Waals surface area contributed by atoms with Gasteiger partial charge in [-0.1, -0.05) is 25.7 Å². The molecule has 1 saturated heterocycles. The summed E-state index contributed by atoms with van der Waals surface area (Å²) in [6.07, 6.45) is 11.6. The second-order valence-electron chi connectivity index (χ2n) is 9.29. The normalized spacial score (nSPS) is 26.9. The highest BCUT2D eigenvalue weighted by atomic mass is 16.2. The number of likely N-dealkylation sites (tertiary alicyclic amines) is 1. The lowest BCUT2D eigenvalue weighted by Crippen LogP contribution is -2.42. The van der Waals surface area contributed by atoms with Gasteiger partial charge < -0.3 is 9.88 Å². The third kappa shape index (κ3) is 3.40. The monoisotopic (exact) mass is 384 g/mol. The zero-order valence-electron chi connectivity index (χ0n) is 16.8. The van der Waals surface area contributed by atoms with Gasteiger partial charge in [-0.2, -0.15) is 0 Å². The lowest BCUT2D eigenvalue weighted by molar-refractivity contribution is -0.137. The minimum Gasteiger partial charge on any atom is -0.342 e. The van der Waals surface area contributed by atoms with E-state index in [1.54, 1.807) is 0 Å². The maximum absolute atomic E-state index is 12.7. The van der Waals surface area contributed by atoms with Gasteiger partial charge in [0.2, 0.25) is 5.91 Å². The summed E-state index contributed by atoms with van der Waals surface area (Å²) >= 11 is 0. The van der Waals surface area contributed by atoms with Crippen molar-refractivity contribution in [2.24, 2.45) is 5.92 Å². The van der Waals surface area contributed by atoms with Crippen LogP contribution in [0.4, 0.5) is 0 Å². The summed E-state index contributed by atoms with van der Waals surface area (Å²) in [4.78, 5) is 37.8. The maximum Gasteiger partial charge on any atom is 0.254 e. The van der Waals surface area contributed by atoms with E-state index < -0.39 is 0 Å². The molecule has 0 unspecified atom stereocenters. The highest BCUT2D eigenvalue weighted by Gasteiger charge is 2.35. The summed E-state index contributed by atoms with van der Waals surface area (Å²) in [7, 11) is 0. The Hall–Kier alpha value is -1.69. The number of nitrogens with zero attached hydrogens (tertiary/aromatic N) is 3. The highest BCUT2D eigenvalue weighted by Crippen LogP contribution is 2.33. The first-order valence-corrected chi connectivity index (χ1v) is 11.3. The van der Waals surface area contributed by atoms with Crippen molar-refractivity contribution in [3.8, 4) is 0 Å². The highest BCUT2D eigenvalue weighted by molar-refractivity contribution is 5.80. The first-order valence-electron chi connectivity index (χ1n) is 11.3. The molecule has 152 valence electrons. The SMILES string of the molecule is O=C(C1CCC1)N1CC[C@@H](c2nc3c(c(=O)[nH]2)CCN(C2CCCCC2)C3)C1. The second kappa shape index (κ2) is 7.62. The Morgan fingerprint density at radius 1 is 1.00 bits per heavy atom. The zero-order chi connectivity index (χ0) is 19.1. The van der Waals surface area contributed by atoms with Crippen molar-refractivity contribution in [2.45, 2.75) is 82.7 Å². The molecule has 5 rings (SSSR count). The lowest BCUT2D eigenvalue weighted by Gasteiger charge is -2.37. The first kappa shape index (κ1) is 18.3. The van der Waals surface area contributed by atoms with Crippen LogP contribution < -0.4 is 5.56 Å². The summed E-state index contributed by atoms with van der Waals surface area (Å²) < 4.78 is 0. The maximum atomic E-state index is 12.7. The fourth-order valence-corrected chi connectivity index (χ4v) is 5.53. The summed E-state index contributed by atoms with van der Waals surface area (Å²) in [5, 5.41) is 0. The molecule has 4 aliphatic rings. The van der Waals surface area contributed by atoms with Crippen molar-refractivity contribution in [3.05, 3.63) is 27.4 Å². The largest absolute Gasteiger partial charge is 0.342 e. The van der Waals surface area contributed by atoms with Gasteiger partial charge in [-0.25, -0.2) is 4.98 Å². The molecular weight excluding hydrogens is 352 g/mol. The molecular formula is C22H32N4O2. The summed E-state index contributed by atoms with van der Waals surface area (Å²) in [6, 6.07) is 0.661. The third-order valence-corrected chi connectivity index (χ3v) is 7.55. The van der Waals surface area contributed by atoms with Gasteiger partial charge in [0.05, 0.1) is 5.69 Å². The molecule has 1 N–H and O–H groups in total. The van der Waals surface area contributed by atoms with Crippen LogP contribution in [0.25, 0.3) is 0 Å². The van der Waals surface area contributed by atoms with Crippen LogP contribution in [-0.4, -0.2) is 51.4 Å². The summed E-state index contributed by atoms with van der Waals surface area (Å²) in [6.45, 7) is 3.31. The van der Waals surface area contributed by atoms with Gasteiger partial charge in [-0.3, -0.25) is 14.5 Å². The van der Waals surface area contributed by atoms with Gasteiger partial charge in [-0.15, -0.1) is 0 Å². The zero-order valence-corrected chi connectivity index (χ0v) is 16.8.